The molecule has 1 amide bonds. The van der Waals surface area contributed by atoms with Crippen LogP contribution in [0.3, 0.4) is 0 Å². The van der Waals surface area contributed by atoms with E-state index in [0.717, 1.165) is 44.0 Å². The minimum absolute atomic E-state index is 0.0230. The molecule has 5 rings (SSSR count). The van der Waals surface area contributed by atoms with Crippen molar-refractivity contribution in [3.63, 3.8) is 0 Å². The molecule has 1 aromatic heterocycles. The average Bonchev–Trinajstić information content (AvgIpc) is 3.40. The SMILES string of the molecule is O=C(NCC1(C(F)(F)F)CCC1)c1cncc(-c2cc(F)cc(F)c2)c1N1CCC2(CCCN2)C1. The average molecular weight is 495 g/mol. The summed E-state index contributed by atoms with van der Waals surface area (Å²) in [6, 6.07) is 3.09. The van der Waals surface area contributed by atoms with Crippen LogP contribution in [0.15, 0.2) is 30.6 Å². The van der Waals surface area contributed by atoms with Crippen molar-refractivity contribution in [2.24, 2.45) is 5.41 Å². The molecule has 1 unspecified atom stereocenters. The van der Waals surface area contributed by atoms with Gasteiger partial charge in [0.25, 0.3) is 5.91 Å². The second kappa shape index (κ2) is 8.72. The summed E-state index contributed by atoms with van der Waals surface area (Å²) in [5.74, 6) is -2.22. The molecule has 2 aliphatic heterocycles. The molecule has 3 fully saturated rings. The summed E-state index contributed by atoms with van der Waals surface area (Å²) >= 11 is 0. The molecular formula is C25H27F5N4O. The number of nitrogens with zero attached hydrogens (tertiary/aromatic N) is 2. The number of carbonyl (C=O) groups is 1. The van der Waals surface area contributed by atoms with Crippen molar-refractivity contribution in [3.8, 4) is 11.1 Å². The summed E-state index contributed by atoms with van der Waals surface area (Å²) in [6.45, 7) is 1.54. The third-order valence-electron chi connectivity index (χ3n) is 7.84. The van der Waals surface area contributed by atoms with Gasteiger partial charge in [0.05, 0.1) is 16.7 Å². The number of anilines is 1. The molecule has 1 spiro atoms. The summed E-state index contributed by atoms with van der Waals surface area (Å²) in [5.41, 5.74) is -0.925. The van der Waals surface area contributed by atoms with E-state index in [1.807, 2.05) is 4.90 Å². The Morgan fingerprint density at radius 1 is 1.06 bits per heavy atom. The molecule has 35 heavy (non-hydrogen) atoms. The first kappa shape index (κ1) is 24.0. The number of nitrogens with one attached hydrogen (secondary N) is 2. The second-order valence-electron chi connectivity index (χ2n) is 10.0. The van der Waals surface area contributed by atoms with Gasteiger partial charge in [0, 0.05) is 49.2 Å². The number of halogens is 5. The van der Waals surface area contributed by atoms with Crippen molar-refractivity contribution in [2.75, 3.05) is 31.1 Å². The Morgan fingerprint density at radius 2 is 1.80 bits per heavy atom. The summed E-state index contributed by atoms with van der Waals surface area (Å²) in [4.78, 5) is 19.4. The van der Waals surface area contributed by atoms with E-state index in [1.54, 1.807) is 0 Å². The molecule has 2 N–H and O–H groups in total. The highest BCUT2D eigenvalue weighted by Gasteiger charge is 2.58. The highest BCUT2D eigenvalue weighted by Crippen LogP contribution is 2.52. The van der Waals surface area contributed by atoms with Crippen LogP contribution < -0.4 is 15.5 Å². The lowest BCUT2D eigenvalue weighted by Gasteiger charge is -2.43. The zero-order chi connectivity index (χ0) is 24.8. The summed E-state index contributed by atoms with van der Waals surface area (Å²) in [7, 11) is 0. The third-order valence-corrected chi connectivity index (χ3v) is 7.84. The van der Waals surface area contributed by atoms with E-state index < -0.39 is 35.7 Å². The molecule has 5 nitrogen and oxygen atoms in total. The van der Waals surface area contributed by atoms with E-state index in [4.69, 9.17) is 0 Å². The molecule has 10 heteroatoms. The van der Waals surface area contributed by atoms with Gasteiger partial charge in [-0.2, -0.15) is 13.2 Å². The zero-order valence-corrected chi connectivity index (χ0v) is 19.2. The molecule has 2 saturated heterocycles. The number of pyridine rings is 1. The lowest BCUT2D eigenvalue weighted by atomic mass is 9.68. The van der Waals surface area contributed by atoms with E-state index in [0.29, 0.717) is 30.8 Å². The normalized spacial score (nSPS) is 23.5. The van der Waals surface area contributed by atoms with Gasteiger partial charge in [0.15, 0.2) is 0 Å². The van der Waals surface area contributed by atoms with Crippen LogP contribution >= 0.6 is 0 Å². The van der Waals surface area contributed by atoms with Gasteiger partial charge in [-0.05, 0) is 56.3 Å². The lowest BCUT2D eigenvalue weighted by Crippen LogP contribution is -2.51. The van der Waals surface area contributed by atoms with Crippen LogP contribution in [0.1, 0.15) is 48.9 Å². The fourth-order valence-electron chi connectivity index (χ4n) is 5.67. The van der Waals surface area contributed by atoms with Gasteiger partial charge < -0.3 is 15.5 Å². The smallest absolute Gasteiger partial charge is 0.368 e. The molecule has 2 aromatic rings. The lowest BCUT2D eigenvalue weighted by molar-refractivity contribution is -0.247. The Morgan fingerprint density at radius 3 is 2.40 bits per heavy atom. The van der Waals surface area contributed by atoms with Gasteiger partial charge >= 0.3 is 6.18 Å². The number of amides is 1. The van der Waals surface area contributed by atoms with Crippen molar-refractivity contribution in [2.45, 2.75) is 50.2 Å². The summed E-state index contributed by atoms with van der Waals surface area (Å²) in [6.07, 6.45) is 1.59. The van der Waals surface area contributed by atoms with E-state index in [9.17, 15) is 26.7 Å². The molecule has 1 saturated carbocycles. The van der Waals surface area contributed by atoms with Crippen molar-refractivity contribution in [1.29, 1.82) is 0 Å². The predicted molar refractivity (Wildman–Crippen MR) is 121 cm³/mol. The van der Waals surface area contributed by atoms with Gasteiger partial charge in [0.2, 0.25) is 0 Å². The van der Waals surface area contributed by atoms with Crippen LogP contribution in [-0.4, -0.2) is 48.8 Å². The Kier molecular flexibility index (Phi) is 5.97. The van der Waals surface area contributed by atoms with Crippen molar-refractivity contribution in [3.05, 3.63) is 47.8 Å². The molecular weight excluding hydrogens is 467 g/mol. The van der Waals surface area contributed by atoms with E-state index in [2.05, 4.69) is 15.6 Å². The largest absolute Gasteiger partial charge is 0.396 e. The first-order valence-electron chi connectivity index (χ1n) is 11.9. The molecule has 1 atom stereocenters. The van der Waals surface area contributed by atoms with Crippen LogP contribution in [0.25, 0.3) is 11.1 Å². The van der Waals surface area contributed by atoms with Crippen LogP contribution in [-0.2, 0) is 0 Å². The van der Waals surface area contributed by atoms with Gasteiger partial charge in [-0.25, -0.2) is 8.78 Å². The van der Waals surface area contributed by atoms with Gasteiger partial charge in [-0.15, -0.1) is 0 Å². The minimum atomic E-state index is -4.41. The fourth-order valence-corrected chi connectivity index (χ4v) is 5.67. The highest BCUT2D eigenvalue weighted by molar-refractivity contribution is 6.03. The van der Waals surface area contributed by atoms with Crippen LogP contribution in [0, 0.1) is 17.0 Å². The van der Waals surface area contributed by atoms with Crippen LogP contribution in [0.4, 0.5) is 27.6 Å². The van der Waals surface area contributed by atoms with Gasteiger partial charge in [-0.1, -0.05) is 6.42 Å². The molecule has 3 heterocycles. The van der Waals surface area contributed by atoms with Gasteiger partial charge in [-0.3, -0.25) is 9.78 Å². The topological polar surface area (TPSA) is 57.3 Å². The molecule has 3 aliphatic rings. The van der Waals surface area contributed by atoms with E-state index >= 15 is 0 Å². The van der Waals surface area contributed by atoms with Crippen molar-refractivity contribution in [1.82, 2.24) is 15.6 Å². The Bertz CT molecular complexity index is 1110. The number of hydrogen-bond donors (Lipinski definition) is 2. The number of hydrogen-bond acceptors (Lipinski definition) is 4. The van der Waals surface area contributed by atoms with Crippen LogP contribution in [0.5, 0.6) is 0 Å². The molecule has 0 bridgehead atoms. The standard InChI is InChI=1S/C25H27F5N4O/c26-17-9-16(10-18(27)11-17)19-12-31-13-20(21(19)34-8-6-24(15-34)5-2-7-33-24)22(35)32-14-23(3-1-4-23)25(28,29)30/h9-13,33H,1-8,14-15H2,(H,32,35). The van der Waals surface area contributed by atoms with E-state index in [-0.39, 0.29) is 29.5 Å². The van der Waals surface area contributed by atoms with Crippen molar-refractivity contribution < 1.29 is 26.7 Å². The maximum Gasteiger partial charge on any atom is 0.396 e. The maximum absolute atomic E-state index is 14.1. The number of rotatable bonds is 5. The first-order valence-corrected chi connectivity index (χ1v) is 11.9. The summed E-state index contributed by atoms with van der Waals surface area (Å²) < 4.78 is 69.0. The highest BCUT2D eigenvalue weighted by atomic mass is 19.4. The Labute approximate surface area is 200 Å². The van der Waals surface area contributed by atoms with Crippen molar-refractivity contribution >= 4 is 11.6 Å². The number of carbonyl (C=O) groups excluding carboxylic acids is 1. The third kappa shape index (κ3) is 4.37. The second-order valence-corrected chi connectivity index (χ2v) is 10.0. The summed E-state index contributed by atoms with van der Waals surface area (Å²) in [5, 5.41) is 6.02. The zero-order valence-electron chi connectivity index (χ0n) is 19.2. The monoisotopic (exact) mass is 494 g/mol. The predicted octanol–water partition coefficient (Wildman–Crippen LogP) is 4.82. The molecule has 1 aliphatic carbocycles. The van der Waals surface area contributed by atoms with Crippen LogP contribution in [0.2, 0.25) is 0 Å². The number of benzene rings is 1. The van der Waals surface area contributed by atoms with E-state index in [1.165, 1.54) is 12.4 Å². The van der Waals surface area contributed by atoms with Gasteiger partial charge in [0.1, 0.15) is 11.6 Å². The molecule has 1 aromatic carbocycles. The first-order chi connectivity index (χ1) is 16.6. The molecule has 188 valence electrons. The Balaban J connectivity index is 1.51. The number of alkyl halides is 3. The maximum atomic E-state index is 14.1. The fraction of sp³-hybridized carbons (Fsp3) is 0.520. The number of aromatic nitrogens is 1. The quantitative estimate of drug-likeness (QED) is 0.586. The minimum Gasteiger partial charge on any atom is -0.368 e. The Hall–Kier alpha value is -2.75. The molecule has 0 radical (unpaired) electrons.